The van der Waals surface area contributed by atoms with Crippen LogP contribution in [0.4, 0.5) is 5.69 Å². The molecule has 0 radical (unpaired) electrons. The van der Waals surface area contributed by atoms with Gasteiger partial charge in [-0.1, -0.05) is 32.8 Å². The number of carbonyl (C=O) groups is 1. The number of aromatic nitrogens is 1. The third-order valence-corrected chi connectivity index (χ3v) is 4.49. The third-order valence-electron chi connectivity index (χ3n) is 4.49. The molecule has 4 nitrogen and oxygen atoms in total. The van der Waals surface area contributed by atoms with Crippen molar-refractivity contribution in [3.8, 4) is 0 Å². The van der Waals surface area contributed by atoms with E-state index in [9.17, 15) is 9.59 Å². The van der Waals surface area contributed by atoms with Crippen molar-refractivity contribution in [1.82, 2.24) is 4.98 Å². The summed E-state index contributed by atoms with van der Waals surface area (Å²) in [6.45, 7) is 4.15. The van der Waals surface area contributed by atoms with Gasteiger partial charge in [-0.15, -0.1) is 0 Å². The highest BCUT2D eigenvalue weighted by molar-refractivity contribution is 5.95. The average molecular weight is 298 g/mol. The molecular weight excluding hydrogens is 276 g/mol. The van der Waals surface area contributed by atoms with Gasteiger partial charge in [-0.2, -0.15) is 0 Å². The highest BCUT2D eigenvalue weighted by Crippen LogP contribution is 2.28. The predicted molar refractivity (Wildman–Crippen MR) is 89.2 cm³/mol. The molecule has 22 heavy (non-hydrogen) atoms. The van der Waals surface area contributed by atoms with Crippen LogP contribution in [0.3, 0.4) is 0 Å². The van der Waals surface area contributed by atoms with Crippen molar-refractivity contribution < 1.29 is 4.79 Å². The Hall–Kier alpha value is -2.10. The highest BCUT2D eigenvalue weighted by Gasteiger charge is 2.22. The van der Waals surface area contributed by atoms with E-state index in [1.807, 2.05) is 18.2 Å². The molecule has 2 N–H and O–H groups in total. The van der Waals surface area contributed by atoms with Gasteiger partial charge in [-0.25, -0.2) is 0 Å². The van der Waals surface area contributed by atoms with Crippen molar-refractivity contribution in [2.45, 2.75) is 45.4 Å². The second-order valence-electron chi connectivity index (χ2n) is 6.47. The number of anilines is 1. The van der Waals surface area contributed by atoms with Gasteiger partial charge in [0.05, 0.1) is 5.52 Å². The van der Waals surface area contributed by atoms with E-state index in [0.717, 1.165) is 47.8 Å². The van der Waals surface area contributed by atoms with Crippen molar-refractivity contribution in [2.24, 2.45) is 5.92 Å². The topological polar surface area (TPSA) is 62.0 Å². The summed E-state index contributed by atoms with van der Waals surface area (Å²) in [6, 6.07) is 7.41. The summed E-state index contributed by atoms with van der Waals surface area (Å²) in [7, 11) is 0. The van der Waals surface area contributed by atoms with Crippen molar-refractivity contribution in [3.05, 3.63) is 40.2 Å². The van der Waals surface area contributed by atoms with Crippen molar-refractivity contribution >= 4 is 22.5 Å². The second kappa shape index (κ2) is 5.95. The lowest BCUT2D eigenvalue weighted by atomic mass is 9.98. The van der Waals surface area contributed by atoms with Crippen molar-refractivity contribution in [2.75, 3.05) is 5.32 Å². The van der Waals surface area contributed by atoms with Crippen LogP contribution in [0, 0.1) is 5.92 Å². The number of hydrogen-bond donors (Lipinski definition) is 2. The number of pyridine rings is 1. The monoisotopic (exact) mass is 298 g/mol. The van der Waals surface area contributed by atoms with Crippen LogP contribution in [0.25, 0.3) is 10.9 Å². The van der Waals surface area contributed by atoms with Crippen LogP contribution in [0.1, 0.15) is 51.0 Å². The first-order chi connectivity index (χ1) is 10.5. The number of carbonyl (C=O) groups excluding carboxylic acids is 1. The highest BCUT2D eigenvalue weighted by atomic mass is 16.2. The van der Waals surface area contributed by atoms with Gasteiger partial charge >= 0.3 is 0 Å². The summed E-state index contributed by atoms with van der Waals surface area (Å²) in [6.07, 6.45) is 4.24. The molecule has 1 aromatic heterocycles. The van der Waals surface area contributed by atoms with E-state index in [1.165, 1.54) is 0 Å². The van der Waals surface area contributed by atoms with Gasteiger partial charge in [0.1, 0.15) is 0 Å². The summed E-state index contributed by atoms with van der Waals surface area (Å²) in [5, 5.41) is 4.02. The number of aromatic amines is 1. The molecule has 2 aromatic rings. The molecule has 4 heteroatoms. The maximum Gasteiger partial charge on any atom is 0.248 e. The number of hydrogen-bond acceptors (Lipinski definition) is 2. The second-order valence-corrected chi connectivity index (χ2v) is 6.47. The van der Waals surface area contributed by atoms with Gasteiger partial charge in [0.15, 0.2) is 0 Å². The van der Waals surface area contributed by atoms with Crippen molar-refractivity contribution in [3.63, 3.8) is 0 Å². The molecule has 0 saturated heterocycles. The smallest absolute Gasteiger partial charge is 0.248 e. The average Bonchev–Trinajstić information content (AvgIpc) is 3.00. The zero-order valence-corrected chi connectivity index (χ0v) is 13.1. The molecule has 0 aliphatic heterocycles. The Morgan fingerprint density at radius 1 is 1.23 bits per heavy atom. The minimum absolute atomic E-state index is 0.0965. The van der Waals surface area contributed by atoms with E-state index < -0.39 is 0 Å². The fourth-order valence-corrected chi connectivity index (χ4v) is 3.27. The number of rotatable bonds is 3. The first kappa shape index (κ1) is 14.8. The third kappa shape index (κ3) is 2.91. The lowest BCUT2D eigenvalue weighted by Gasteiger charge is -2.13. The van der Waals surface area contributed by atoms with Crippen LogP contribution in [0.2, 0.25) is 0 Å². The largest absolute Gasteiger partial charge is 0.326 e. The van der Waals surface area contributed by atoms with Crippen LogP contribution in [-0.2, 0) is 4.79 Å². The lowest BCUT2D eigenvalue weighted by Crippen LogP contribution is -2.20. The Morgan fingerprint density at radius 2 is 1.95 bits per heavy atom. The molecule has 1 fully saturated rings. The minimum atomic E-state index is -0.101. The summed E-state index contributed by atoms with van der Waals surface area (Å²) in [5.41, 5.74) is 2.46. The molecule has 1 heterocycles. The minimum Gasteiger partial charge on any atom is -0.326 e. The fourth-order valence-electron chi connectivity index (χ4n) is 3.27. The van der Waals surface area contributed by atoms with Gasteiger partial charge in [-0.3, -0.25) is 9.59 Å². The number of amides is 1. The van der Waals surface area contributed by atoms with Crippen LogP contribution >= 0.6 is 0 Å². The molecule has 1 saturated carbocycles. The Bertz CT molecular complexity index is 755. The molecular formula is C18H22N2O2. The molecule has 0 atom stereocenters. The van der Waals surface area contributed by atoms with Gasteiger partial charge in [0, 0.05) is 23.1 Å². The number of H-pyrrole nitrogens is 1. The first-order valence-electron chi connectivity index (χ1n) is 8.02. The SMILES string of the molecule is CC(C)c1cc(=O)[nH]c2cc(NC(=O)C3CCCC3)ccc12. The zero-order chi connectivity index (χ0) is 15.7. The predicted octanol–water partition coefficient (Wildman–Crippen LogP) is 3.78. The molecule has 1 aliphatic carbocycles. The van der Waals surface area contributed by atoms with E-state index in [1.54, 1.807) is 6.07 Å². The Morgan fingerprint density at radius 3 is 2.64 bits per heavy atom. The zero-order valence-electron chi connectivity index (χ0n) is 13.1. The van der Waals surface area contributed by atoms with Crippen LogP contribution in [-0.4, -0.2) is 10.9 Å². The van der Waals surface area contributed by atoms with Gasteiger partial charge in [-0.05, 0) is 36.5 Å². The van der Waals surface area contributed by atoms with E-state index in [2.05, 4.69) is 24.1 Å². The molecule has 1 aliphatic rings. The molecule has 0 spiro atoms. The number of nitrogens with one attached hydrogen (secondary N) is 2. The normalized spacial score (nSPS) is 15.6. The van der Waals surface area contributed by atoms with Gasteiger partial charge < -0.3 is 10.3 Å². The maximum absolute atomic E-state index is 12.2. The Kier molecular flexibility index (Phi) is 4.01. The standard InChI is InChI=1S/C18H22N2O2/c1-11(2)15-10-17(21)20-16-9-13(7-8-14(15)16)19-18(22)12-5-3-4-6-12/h7-12H,3-6H2,1-2H3,(H,19,22)(H,20,21). The van der Waals surface area contributed by atoms with E-state index in [-0.39, 0.29) is 23.3 Å². The maximum atomic E-state index is 12.2. The molecule has 1 aromatic carbocycles. The Balaban J connectivity index is 1.92. The molecule has 0 bridgehead atoms. The number of fused-ring (bicyclic) bond motifs is 1. The lowest BCUT2D eigenvalue weighted by molar-refractivity contribution is -0.119. The Labute approximate surface area is 129 Å². The number of benzene rings is 1. The molecule has 116 valence electrons. The summed E-state index contributed by atoms with van der Waals surface area (Å²) >= 11 is 0. The summed E-state index contributed by atoms with van der Waals surface area (Å²) in [4.78, 5) is 26.9. The molecule has 3 rings (SSSR count). The summed E-state index contributed by atoms with van der Waals surface area (Å²) in [5.74, 6) is 0.514. The van der Waals surface area contributed by atoms with Crippen LogP contribution in [0.15, 0.2) is 29.1 Å². The molecule has 0 unspecified atom stereocenters. The van der Waals surface area contributed by atoms with Crippen LogP contribution < -0.4 is 10.9 Å². The van der Waals surface area contributed by atoms with Crippen molar-refractivity contribution in [1.29, 1.82) is 0 Å². The molecule has 1 amide bonds. The summed E-state index contributed by atoms with van der Waals surface area (Å²) < 4.78 is 0. The quantitative estimate of drug-likeness (QED) is 0.905. The fraction of sp³-hybridized carbons (Fsp3) is 0.444. The van der Waals surface area contributed by atoms with Gasteiger partial charge in [0.2, 0.25) is 11.5 Å². The van der Waals surface area contributed by atoms with E-state index >= 15 is 0 Å². The van der Waals surface area contributed by atoms with E-state index in [4.69, 9.17) is 0 Å². The van der Waals surface area contributed by atoms with E-state index in [0.29, 0.717) is 0 Å². The van der Waals surface area contributed by atoms with Gasteiger partial charge in [0.25, 0.3) is 0 Å². The first-order valence-corrected chi connectivity index (χ1v) is 8.02. The van der Waals surface area contributed by atoms with Crippen LogP contribution in [0.5, 0.6) is 0 Å².